The van der Waals surface area contributed by atoms with Crippen molar-refractivity contribution in [2.24, 2.45) is 10.2 Å². The topological polar surface area (TPSA) is 69.0 Å². The third-order valence-corrected chi connectivity index (χ3v) is 4.30. The zero-order valence-corrected chi connectivity index (χ0v) is 16.6. The summed E-state index contributed by atoms with van der Waals surface area (Å²) in [4.78, 5) is 8.91. The summed E-state index contributed by atoms with van der Waals surface area (Å²) < 4.78 is 11.0. The first-order chi connectivity index (χ1) is 13.6. The van der Waals surface area contributed by atoms with Crippen molar-refractivity contribution in [2.45, 2.75) is 20.3 Å². The monoisotopic (exact) mass is 376 g/mol. The molecule has 0 aliphatic heterocycles. The number of hydrogen-bond donors (Lipinski definition) is 0. The molecule has 28 heavy (non-hydrogen) atoms. The van der Waals surface area contributed by atoms with E-state index in [0.717, 1.165) is 12.0 Å². The summed E-state index contributed by atoms with van der Waals surface area (Å²) in [6, 6.07) is 15.9. The molecule has 144 valence electrons. The molecule has 6 nitrogen and oxygen atoms in total. The number of benzene rings is 2. The number of hydrogen-bond acceptors (Lipinski definition) is 6. The molecule has 3 rings (SSSR count). The van der Waals surface area contributed by atoms with Gasteiger partial charge in [0.15, 0.2) is 5.82 Å². The summed E-state index contributed by atoms with van der Waals surface area (Å²) in [6.45, 7) is 4.51. The Hall–Kier alpha value is -3.28. The molecule has 1 aromatic heterocycles. The molecule has 0 atom stereocenters. The van der Waals surface area contributed by atoms with Crippen LogP contribution in [-0.4, -0.2) is 30.7 Å². The van der Waals surface area contributed by atoms with E-state index in [1.807, 2.05) is 25.1 Å². The SMILES string of the molecule is COc1cccc(OC)c1-c1cc(N=NCCc2ccc(C)cc2)nc(C)n1. The van der Waals surface area contributed by atoms with E-state index < -0.39 is 0 Å². The molecule has 0 bridgehead atoms. The Balaban J connectivity index is 1.81. The van der Waals surface area contributed by atoms with Gasteiger partial charge in [-0.05, 0) is 38.0 Å². The van der Waals surface area contributed by atoms with Crippen LogP contribution in [0.15, 0.2) is 58.8 Å². The van der Waals surface area contributed by atoms with Gasteiger partial charge in [0.05, 0.1) is 32.0 Å². The number of azo groups is 1. The van der Waals surface area contributed by atoms with Gasteiger partial charge >= 0.3 is 0 Å². The molecule has 0 radical (unpaired) electrons. The minimum Gasteiger partial charge on any atom is -0.496 e. The minimum atomic E-state index is 0.513. The lowest BCUT2D eigenvalue weighted by Crippen LogP contribution is -1.97. The van der Waals surface area contributed by atoms with E-state index in [4.69, 9.17) is 9.47 Å². The van der Waals surface area contributed by atoms with Gasteiger partial charge in [0.2, 0.25) is 0 Å². The summed E-state index contributed by atoms with van der Waals surface area (Å²) in [7, 11) is 3.25. The smallest absolute Gasteiger partial charge is 0.177 e. The molecule has 0 N–H and O–H groups in total. The van der Waals surface area contributed by atoms with Crippen LogP contribution in [0.4, 0.5) is 5.82 Å². The molecule has 2 aromatic carbocycles. The maximum atomic E-state index is 5.48. The predicted octanol–water partition coefficient (Wildman–Crippen LogP) is 5.10. The summed E-state index contributed by atoms with van der Waals surface area (Å²) >= 11 is 0. The first kappa shape index (κ1) is 19.5. The fraction of sp³-hybridized carbons (Fsp3) is 0.273. The molecule has 6 heteroatoms. The number of rotatable bonds is 7. The van der Waals surface area contributed by atoms with Crippen LogP contribution in [0.25, 0.3) is 11.3 Å². The zero-order valence-electron chi connectivity index (χ0n) is 16.6. The Bertz CT molecular complexity index is 947. The fourth-order valence-corrected chi connectivity index (χ4v) is 2.89. The minimum absolute atomic E-state index is 0.513. The first-order valence-electron chi connectivity index (χ1n) is 9.11. The lowest BCUT2D eigenvalue weighted by atomic mass is 10.1. The highest BCUT2D eigenvalue weighted by atomic mass is 16.5. The normalized spacial score (nSPS) is 11.0. The molecule has 0 fully saturated rings. The molecule has 0 aliphatic carbocycles. The molecule has 0 amide bonds. The predicted molar refractivity (Wildman–Crippen MR) is 110 cm³/mol. The van der Waals surface area contributed by atoms with E-state index in [0.29, 0.717) is 35.4 Å². The Kier molecular flexibility index (Phi) is 6.32. The standard InChI is InChI=1S/C22H24N4O2/c1-15-8-10-17(11-9-15)12-13-23-26-21-14-18(24-16(2)25-21)22-19(27-3)6-5-7-20(22)28-4/h5-11,14H,12-13H2,1-4H3. The van der Waals surface area contributed by atoms with Crippen LogP contribution in [0.1, 0.15) is 17.0 Å². The molecule has 0 unspecified atom stereocenters. The Morgan fingerprint density at radius 2 is 1.57 bits per heavy atom. The Morgan fingerprint density at radius 1 is 0.893 bits per heavy atom. The van der Waals surface area contributed by atoms with Crippen LogP contribution < -0.4 is 9.47 Å². The third kappa shape index (κ3) is 4.71. The molecule has 1 heterocycles. The van der Waals surface area contributed by atoms with E-state index in [9.17, 15) is 0 Å². The van der Waals surface area contributed by atoms with Gasteiger partial charge in [-0.1, -0.05) is 35.9 Å². The van der Waals surface area contributed by atoms with Gasteiger partial charge in [0, 0.05) is 6.07 Å². The van der Waals surface area contributed by atoms with Crippen molar-refractivity contribution < 1.29 is 9.47 Å². The number of methoxy groups -OCH3 is 2. The highest BCUT2D eigenvalue weighted by molar-refractivity contribution is 5.75. The molecule has 0 spiro atoms. The zero-order chi connectivity index (χ0) is 19.9. The number of ether oxygens (including phenoxy) is 2. The van der Waals surface area contributed by atoms with Gasteiger partial charge in [-0.15, -0.1) is 5.11 Å². The summed E-state index contributed by atoms with van der Waals surface area (Å²) in [5, 5.41) is 8.58. The van der Waals surface area contributed by atoms with Crippen molar-refractivity contribution in [3.8, 4) is 22.8 Å². The van der Waals surface area contributed by atoms with E-state index in [1.165, 1.54) is 11.1 Å². The fourth-order valence-electron chi connectivity index (χ4n) is 2.89. The second-order valence-corrected chi connectivity index (χ2v) is 6.40. The number of aryl methyl sites for hydroxylation is 2. The van der Waals surface area contributed by atoms with Crippen LogP contribution in [-0.2, 0) is 6.42 Å². The van der Waals surface area contributed by atoms with E-state index in [2.05, 4.69) is 51.4 Å². The molecular weight excluding hydrogens is 352 g/mol. The maximum Gasteiger partial charge on any atom is 0.177 e. The van der Waals surface area contributed by atoms with Gasteiger partial charge in [0.1, 0.15) is 17.3 Å². The van der Waals surface area contributed by atoms with Crippen LogP contribution in [0.3, 0.4) is 0 Å². The van der Waals surface area contributed by atoms with Crippen LogP contribution in [0.5, 0.6) is 11.5 Å². The van der Waals surface area contributed by atoms with Crippen molar-refractivity contribution in [1.82, 2.24) is 9.97 Å². The average Bonchev–Trinajstić information content (AvgIpc) is 2.71. The quantitative estimate of drug-likeness (QED) is 0.538. The van der Waals surface area contributed by atoms with Crippen molar-refractivity contribution in [3.05, 3.63) is 65.5 Å². The van der Waals surface area contributed by atoms with Crippen LogP contribution in [0.2, 0.25) is 0 Å². The summed E-state index contributed by atoms with van der Waals surface area (Å²) in [5.74, 6) is 2.48. The Labute approximate surface area is 165 Å². The lowest BCUT2D eigenvalue weighted by molar-refractivity contribution is 0.397. The first-order valence-corrected chi connectivity index (χ1v) is 9.11. The summed E-state index contributed by atoms with van der Waals surface area (Å²) in [5.41, 5.74) is 3.95. The summed E-state index contributed by atoms with van der Waals surface area (Å²) in [6.07, 6.45) is 0.834. The largest absolute Gasteiger partial charge is 0.496 e. The van der Waals surface area contributed by atoms with E-state index in [-0.39, 0.29) is 0 Å². The average molecular weight is 376 g/mol. The highest BCUT2D eigenvalue weighted by Crippen LogP contribution is 2.38. The molecule has 0 aliphatic rings. The molecule has 0 saturated carbocycles. The van der Waals surface area contributed by atoms with Crippen molar-refractivity contribution in [1.29, 1.82) is 0 Å². The van der Waals surface area contributed by atoms with Gasteiger partial charge in [0.25, 0.3) is 0 Å². The van der Waals surface area contributed by atoms with Crippen molar-refractivity contribution in [2.75, 3.05) is 20.8 Å². The number of aromatic nitrogens is 2. The van der Waals surface area contributed by atoms with Gasteiger partial charge in [-0.25, -0.2) is 9.97 Å². The molecule has 3 aromatic rings. The molecule has 0 saturated heterocycles. The van der Waals surface area contributed by atoms with E-state index in [1.54, 1.807) is 20.3 Å². The van der Waals surface area contributed by atoms with Gasteiger partial charge in [-0.3, -0.25) is 0 Å². The molecular formula is C22H24N4O2. The van der Waals surface area contributed by atoms with Crippen molar-refractivity contribution >= 4 is 5.82 Å². The third-order valence-electron chi connectivity index (χ3n) is 4.30. The highest BCUT2D eigenvalue weighted by Gasteiger charge is 2.15. The lowest BCUT2D eigenvalue weighted by Gasteiger charge is -2.13. The maximum absolute atomic E-state index is 5.48. The van der Waals surface area contributed by atoms with Crippen molar-refractivity contribution in [3.63, 3.8) is 0 Å². The van der Waals surface area contributed by atoms with Gasteiger partial charge < -0.3 is 9.47 Å². The van der Waals surface area contributed by atoms with Gasteiger partial charge in [-0.2, -0.15) is 5.11 Å². The van der Waals surface area contributed by atoms with E-state index >= 15 is 0 Å². The number of nitrogens with zero attached hydrogens (tertiary/aromatic N) is 4. The Morgan fingerprint density at radius 3 is 2.21 bits per heavy atom. The second-order valence-electron chi connectivity index (χ2n) is 6.40. The van der Waals surface area contributed by atoms with Crippen LogP contribution >= 0.6 is 0 Å². The second kappa shape index (κ2) is 9.08. The van der Waals surface area contributed by atoms with Crippen LogP contribution in [0, 0.1) is 13.8 Å².